The lowest BCUT2D eigenvalue weighted by atomic mass is 10.2. The van der Waals surface area contributed by atoms with Crippen molar-refractivity contribution in [3.8, 4) is 23.4 Å². The summed E-state index contributed by atoms with van der Waals surface area (Å²) < 4.78 is 11.5. The van der Waals surface area contributed by atoms with Crippen LogP contribution in [0, 0.1) is 25.2 Å². The van der Waals surface area contributed by atoms with Crippen molar-refractivity contribution in [3.63, 3.8) is 0 Å². The van der Waals surface area contributed by atoms with Crippen LogP contribution in [0.3, 0.4) is 0 Å². The molecule has 0 aliphatic rings. The third-order valence-corrected chi connectivity index (χ3v) is 5.77. The number of hydrogen-bond acceptors (Lipinski definition) is 7. The van der Waals surface area contributed by atoms with Gasteiger partial charge in [0.05, 0.1) is 12.1 Å². The van der Waals surface area contributed by atoms with Crippen molar-refractivity contribution < 1.29 is 14.3 Å². The number of ether oxygens (including phenoxy) is 2. The number of amides is 1. The minimum absolute atomic E-state index is 0.162. The molecule has 0 radical (unpaired) electrons. The van der Waals surface area contributed by atoms with Crippen molar-refractivity contribution in [2.75, 3.05) is 5.32 Å². The van der Waals surface area contributed by atoms with Crippen LogP contribution in [0.2, 0.25) is 0 Å². The Balaban J connectivity index is 1.32. The number of thiazole rings is 1. The predicted molar refractivity (Wildman–Crippen MR) is 130 cm³/mol. The van der Waals surface area contributed by atoms with Crippen LogP contribution >= 0.6 is 11.3 Å². The van der Waals surface area contributed by atoms with E-state index in [4.69, 9.17) is 9.47 Å². The van der Waals surface area contributed by atoms with Gasteiger partial charge in [0.15, 0.2) is 0 Å². The average Bonchev–Trinajstić information content (AvgIpc) is 3.28. The Bertz CT molecular complexity index is 1340. The monoisotopic (exact) mass is 470 g/mol. The Morgan fingerprint density at radius 2 is 1.91 bits per heavy atom. The number of benzene rings is 2. The van der Waals surface area contributed by atoms with Gasteiger partial charge in [-0.25, -0.2) is 9.97 Å². The molecule has 0 fully saturated rings. The largest absolute Gasteiger partial charge is 0.486 e. The van der Waals surface area contributed by atoms with Gasteiger partial charge < -0.3 is 14.8 Å². The summed E-state index contributed by atoms with van der Waals surface area (Å²) in [6.45, 7) is 4.26. The van der Waals surface area contributed by atoms with Crippen LogP contribution in [0.25, 0.3) is 0 Å². The molecule has 2 heterocycles. The number of rotatable bonds is 8. The molecule has 0 aliphatic carbocycles. The smallest absolute Gasteiger partial charge is 0.237 e. The van der Waals surface area contributed by atoms with E-state index in [1.807, 2.05) is 43.5 Å². The molecule has 170 valence electrons. The Kier molecular flexibility index (Phi) is 7.16. The first-order valence-corrected chi connectivity index (χ1v) is 11.4. The highest BCUT2D eigenvalue weighted by atomic mass is 32.1. The number of nitriles is 1. The van der Waals surface area contributed by atoms with E-state index < -0.39 is 0 Å². The van der Waals surface area contributed by atoms with Crippen LogP contribution in [0.1, 0.15) is 27.4 Å². The molecule has 0 atom stereocenters. The van der Waals surface area contributed by atoms with Gasteiger partial charge in [0.2, 0.25) is 11.8 Å². The quantitative estimate of drug-likeness (QED) is 0.361. The number of carbonyl (C=O) groups excluding carboxylic acids is 1. The molecular formula is C26H22N4O3S. The second-order valence-corrected chi connectivity index (χ2v) is 8.55. The number of carbonyl (C=O) groups is 1. The second kappa shape index (κ2) is 10.6. The molecule has 4 aromatic rings. The molecule has 2 aromatic heterocycles. The zero-order chi connectivity index (χ0) is 23.9. The summed E-state index contributed by atoms with van der Waals surface area (Å²) in [4.78, 5) is 21.2. The van der Waals surface area contributed by atoms with Crippen LogP contribution in [-0.4, -0.2) is 15.9 Å². The van der Waals surface area contributed by atoms with Crippen molar-refractivity contribution >= 4 is 22.9 Å². The standard InChI is InChI=1S/C26H22N4O3S/c1-17-5-7-21(8-6-17)32-15-25-29-20(16-34-25)13-24(31)30-23-10-9-22(12-18(23)2)33-26-19(14-27)4-3-11-28-26/h3-12,16H,13,15H2,1-2H3,(H,30,31). The van der Waals surface area contributed by atoms with Gasteiger partial charge in [-0.05, 0) is 61.9 Å². The number of aromatic nitrogens is 2. The van der Waals surface area contributed by atoms with Crippen LogP contribution in [-0.2, 0) is 17.8 Å². The van der Waals surface area contributed by atoms with Crippen LogP contribution in [0.4, 0.5) is 5.69 Å². The first kappa shape index (κ1) is 23.0. The van der Waals surface area contributed by atoms with E-state index in [9.17, 15) is 10.1 Å². The topological polar surface area (TPSA) is 97.1 Å². The van der Waals surface area contributed by atoms with E-state index in [-0.39, 0.29) is 18.2 Å². The minimum atomic E-state index is -0.162. The summed E-state index contributed by atoms with van der Waals surface area (Å²) in [5.41, 5.74) is 3.72. The predicted octanol–water partition coefficient (Wildman–Crippen LogP) is 5.58. The Morgan fingerprint density at radius 3 is 2.68 bits per heavy atom. The maximum Gasteiger partial charge on any atom is 0.237 e. The fraction of sp³-hybridized carbons (Fsp3) is 0.154. The van der Waals surface area contributed by atoms with Gasteiger partial charge in [0.1, 0.15) is 34.7 Å². The van der Waals surface area contributed by atoms with Crippen LogP contribution in [0.5, 0.6) is 17.4 Å². The number of anilines is 1. The molecule has 2 aromatic carbocycles. The number of pyridine rings is 1. The molecule has 1 N–H and O–H groups in total. The lowest BCUT2D eigenvalue weighted by Crippen LogP contribution is -2.15. The van der Waals surface area contributed by atoms with Crippen molar-refractivity contribution in [1.29, 1.82) is 5.26 Å². The molecule has 0 bridgehead atoms. The molecule has 0 saturated carbocycles. The molecule has 0 unspecified atom stereocenters. The third-order valence-electron chi connectivity index (χ3n) is 4.90. The fourth-order valence-corrected chi connectivity index (χ4v) is 3.85. The molecule has 0 aliphatic heterocycles. The van der Waals surface area contributed by atoms with Crippen LogP contribution in [0.15, 0.2) is 66.2 Å². The molecule has 8 heteroatoms. The number of aryl methyl sites for hydroxylation is 2. The van der Waals surface area contributed by atoms with Crippen molar-refractivity contribution in [2.24, 2.45) is 0 Å². The first-order chi connectivity index (χ1) is 16.5. The lowest BCUT2D eigenvalue weighted by molar-refractivity contribution is -0.115. The van der Waals surface area contributed by atoms with E-state index in [1.165, 1.54) is 16.9 Å². The molecule has 7 nitrogen and oxygen atoms in total. The highest BCUT2D eigenvalue weighted by molar-refractivity contribution is 7.09. The summed E-state index contributed by atoms with van der Waals surface area (Å²) in [5.74, 6) is 1.40. The number of nitrogens with one attached hydrogen (secondary N) is 1. The second-order valence-electron chi connectivity index (χ2n) is 7.61. The third kappa shape index (κ3) is 5.97. The maximum atomic E-state index is 12.6. The molecule has 1 amide bonds. The molecule has 0 saturated heterocycles. The normalized spacial score (nSPS) is 10.4. The van der Waals surface area contributed by atoms with Crippen molar-refractivity contribution in [2.45, 2.75) is 26.9 Å². The summed E-state index contributed by atoms with van der Waals surface area (Å²) in [5, 5.41) is 14.8. The minimum Gasteiger partial charge on any atom is -0.486 e. The van der Waals surface area contributed by atoms with Gasteiger partial charge in [-0.1, -0.05) is 17.7 Å². The van der Waals surface area contributed by atoms with E-state index in [0.717, 1.165) is 16.3 Å². The summed E-state index contributed by atoms with van der Waals surface area (Å²) in [6, 6.07) is 18.5. The van der Waals surface area contributed by atoms with Gasteiger partial charge in [-0.15, -0.1) is 11.3 Å². The van der Waals surface area contributed by atoms with Gasteiger partial charge in [0.25, 0.3) is 0 Å². The molecule has 0 spiro atoms. The SMILES string of the molecule is Cc1ccc(OCc2nc(CC(=O)Nc3ccc(Oc4ncccc4C#N)cc3C)cs2)cc1. The summed E-state index contributed by atoms with van der Waals surface area (Å²) in [6.07, 6.45) is 1.73. The number of nitrogens with zero attached hydrogens (tertiary/aromatic N) is 3. The number of hydrogen-bond donors (Lipinski definition) is 1. The highest BCUT2D eigenvalue weighted by Gasteiger charge is 2.12. The first-order valence-electron chi connectivity index (χ1n) is 10.6. The lowest BCUT2D eigenvalue weighted by Gasteiger charge is -2.11. The Morgan fingerprint density at radius 1 is 1.12 bits per heavy atom. The van der Waals surface area contributed by atoms with Gasteiger partial charge >= 0.3 is 0 Å². The van der Waals surface area contributed by atoms with Crippen molar-refractivity contribution in [3.05, 3.63) is 93.6 Å². The summed E-state index contributed by atoms with van der Waals surface area (Å²) in [7, 11) is 0. The fourth-order valence-electron chi connectivity index (χ4n) is 3.14. The van der Waals surface area contributed by atoms with Crippen LogP contribution < -0.4 is 14.8 Å². The van der Waals surface area contributed by atoms with Gasteiger partial charge in [-0.3, -0.25) is 4.79 Å². The maximum absolute atomic E-state index is 12.6. The van der Waals surface area contributed by atoms with E-state index in [1.54, 1.807) is 36.5 Å². The van der Waals surface area contributed by atoms with E-state index in [2.05, 4.69) is 21.4 Å². The average molecular weight is 471 g/mol. The zero-order valence-electron chi connectivity index (χ0n) is 18.7. The Hall–Kier alpha value is -4.22. The Labute approximate surface area is 201 Å². The van der Waals surface area contributed by atoms with Crippen molar-refractivity contribution in [1.82, 2.24) is 9.97 Å². The molecule has 4 rings (SSSR count). The molecular weight excluding hydrogens is 448 g/mol. The summed E-state index contributed by atoms with van der Waals surface area (Å²) >= 11 is 1.47. The molecule has 34 heavy (non-hydrogen) atoms. The van der Waals surface area contributed by atoms with Gasteiger partial charge in [-0.2, -0.15) is 5.26 Å². The zero-order valence-corrected chi connectivity index (χ0v) is 19.6. The van der Waals surface area contributed by atoms with Gasteiger partial charge in [0, 0.05) is 17.3 Å². The van der Waals surface area contributed by atoms with E-state index in [0.29, 0.717) is 29.3 Å². The van der Waals surface area contributed by atoms with E-state index >= 15 is 0 Å². The highest BCUT2D eigenvalue weighted by Crippen LogP contribution is 2.27.